The topological polar surface area (TPSA) is 116 Å². The van der Waals surface area contributed by atoms with Gasteiger partial charge in [-0.15, -0.1) is 0 Å². The summed E-state index contributed by atoms with van der Waals surface area (Å²) >= 11 is 8.24. The van der Waals surface area contributed by atoms with E-state index >= 15 is 0 Å². The maximum Gasteiger partial charge on any atom is 0.269 e. The molecule has 2 aromatic heterocycles. The van der Waals surface area contributed by atoms with Crippen LogP contribution < -0.4 is 4.74 Å². The zero-order chi connectivity index (χ0) is 24.7. The molecule has 0 bridgehead atoms. The molecule has 0 radical (unpaired) electrons. The van der Waals surface area contributed by atoms with Crippen LogP contribution in [0.2, 0.25) is 5.02 Å². The third-order valence-electron chi connectivity index (χ3n) is 5.82. The second-order valence-electron chi connectivity index (χ2n) is 8.12. The fraction of sp³-hybridized carbons (Fsp3) is 0.304. The van der Waals surface area contributed by atoms with Crippen LogP contribution in [0.4, 0.5) is 5.69 Å². The summed E-state index contributed by atoms with van der Waals surface area (Å²) in [7, 11) is 1.60. The molecule has 182 valence electrons. The quantitative estimate of drug-likeness (QED) is 0.227. The van der Waals surface area contributed by atoms with E-state index in [2.05, 4.69) is 0 Å². The average Bonchev–Trinajstić information content (AvgIpc) is 3.20. The SMILES string of the molecule is COc1ccc2nc3c(c(C)nn3[C@H]3CN(Sc4ccc([N+](=O)[O-])cc4)C[C@@H](CO)O3)c(Cl)c2c1. The van der Waals surface area contributed by atoms with Gasteiger partial charge in [-0.05, 0) is 49.2 Å². The molecular weight excluding hydrogens is 494 g/mol. The van der Waals surface area contributed by atoms with Crippen LogP contribution in [0.1, 0.15) is 11.9 Å². The van der Waals surface area contributed by atoms with Crippen LogP contribution in [0.25, 0.3) is 21.9 Å². The van der Waals surface area contributed by atoms with E-state index in [0.29, 0.717) is 40.7 Å². The maximum atomic E-state index is 10.9. The molecule has 0 spiro atoms. The molecule has 0 saturated carbocycles. The smallest absolute Gasteiger partial charge is 0.269 e. The Balaban J connectivity index is 1.49. The first kappa shape index (κ1) is 23.8. The molecule has 0 amide bonds. The fourth-order valence-electron chi connectivity index (χ4n) is 4.14. The van der Waals surface area contributed by atoms with Crippen LogP contribution in [0, 0.1) is 17.0 Å². The number of methoxy groups -OCH3 is 1. The van der Waals surface area contributed by atoms with Gasteiger partial charge in [0.05, 0.1) is 52.9 Å². The highest BCUT2D eigenvalue weighted by molar-refractivity contribution is 7.97. The van der Waals surface area contributed by atoms with Crippen molar-refractivity contribution in [2.75, 3.05) is 26.8 Å². The van der Waals surface area contributed by atoms with E-state index in [0.717, 1.165) is 15.7 Å². The lowest BCUT2D eigenvalue weighted by Crippen LogP contribution is -2.44. The number of halogens is 1. The lowest BCUT2D eigenvalue weighted by Gasteiger charge is -2.36. The minimum atomic E-state index is -0.526. The summed E-state index contributed by atoms with van der Waals surface area (Å²) in [6.07, 6.45) is -0.971. The number of nitro benzene ring substituents is 1. The zero-order valence-electron chi connectivity index (χ0n) is 18.9. The van der Waals surface area contributed by atoms with Crippen molar-refractivity contribution in [2.45, 2.75) is 24.2 Å². The standard InChI is InChI=1S/C23H22ClN5O5S/c1-13-21-22(24)18-9-15(33-2)5-8-19(18)25-23(21)28(26-13)20-11-27(10-16(12-30)34-20)35-17-6-3-14(4-7-17)29(31)32/h3-9,16,20,30H,10-12H2,1-2H3/t16-,20+/m0/s1. The predicted molar refractivity (Wildman–Crippen MR) is 133 cm³/mol. The lowest BCUT2D eigenvalue weighted by molar-refractivity contribution is -0.384. The number of ether oxygens (including phenoxy) is 2. The van der Waals surface area contributed by atoms with Gasteiger partial charge in [0.1, 0.15) is 5.75 Å². The average molecular weight is 516 g/mol. The normalized spacial score (nSPS) is 18.9. The van der Waals surface area contributed by atoms with Crippen LogP contribution in [-0.2, 0) is 4.74 Å². The number of aryl methyl sites for hydroxylation is 1. The minimum absolute atomic E-state index is 0.0359. The van der Waals surface area contributed by atoms with Crippen LogP contribution in [0.15, 0.2) is 47.4 Å². The Hall–Kier alpha value is -2.96. The number of hydrogen-bond acceptors (Lipinski definition) is 9. The molecular formula is C23H22ClN5O5S. The summed E-state index contributed by atoms with van der Waals surface area (Å²) in [5, 5.41) is 27.6. The number of non-ortho nitro benzene ring substituents is 1. The molecule has 35 heavy (non-hydrogen) atoms. The first-order valence-electron chi connectivity index (χ1n) is 10.8. The van der Waals surface area contributed by atoms with Gasteiger partial charge in [-0.3, -0.25) is 10.1 Å². The van der Waals surface area contributed by atoms with E-state index in [-0.39, 0.29) is 12.3 Å². The highest BCUT2D eigenvalue weighted by Crippen LogP contribution is 2.37. The number of benzene rings is 2. The lowest BCUT2D eigenvalue weighted by atomic mass is 10.1. The molecule has 10 nitrogen and oxygen atoms in total. The molecule has 1 fully saturated rings. The summed E-state index contributed by atoms with van der Waals surface area (Å²) < 4.78 is 15.2. The number of aromatic nitrogens is 3. The van der Waals surface area contributed by atoms with E-state index in [4.69, 9.17) is 31.2 Å². The van der Waals surface area contributed by atoms with Gasteiger partial charge in [-0.2, -0.15) is 5.10 Å². The molecule has 0 unspecified atom stereocenters. The van der Waals surface area contributed by atoms with Gasteiger partial charge in [0.15, 0.2) is 11.9 Å². The molecule has 5 rings (SSSR count). The minimum Gasteiger partial charge on any atom is -0.497 e. The first-order valence-corrected chi connectivity index (χ1v) is 12.0. The molecule has 1 aliphatic rings. The number of aliphatic hydroxyl groups is 1. The Bertz CT molecular complexity index is 1410. The van der Waals surface area contributed by atoms with Gasteiger partial charge in [0, 0.05) is 29.0 Å². The van der Waals surface area contributed by atoms with Crippen molar-refractivity contribution in [3.63, 3.8) is 0 Å². The van der Waals surface area contributed by atoms with E-state index in [1.165, 1.54) is 24.1 Å². The van der Waals surface area contributed by atoms with Gasteiger partial charge >= 0.3 is 0 Å². The van der Waals surface area contributed by atoms with Crippen LogP contribution in [-0.4, -0.2) is 62.0 Å². The number of hydrogen-bond donors (Lipinski definition) is 1. The molecule has 2 atom stereocenters. The summed E-state index contributed by atoms with van der Waals surface area (Å²) in [4.78, 5) is 16.2. The van der Waals surface area contributed by atoms with E-state index in [1.807, 2.05) is 29.4 Å². The van der Waals surface area contributed by atoms with E-state index in [1.54, 1.807) is 23.9 Å². The molecule has 4 aromatic rings. The number of morpholine rings is 1. The number of nitrogens with zero attached hydrogens (tertiary/aromatic N) is 5. The summed E-state index contributed by atoms with van der Waals surface area (Å²) in [6, 6.07) is 11.9. The highest BCUT2D eigenvalue weighted by atomic mass is 35.5. The summed E-state index contributed by atoms with van der Waals surface area (Å²) in [6.45, 7) is 2.63. The fourth-order valence-corrected chi connectivity index (χ4v) is 5.51. The molecule has 1 saturated heterocycles. The number of pyridine rings is 1. The molecule has 1 aliphatic heterocycles. The second kappa shape index (κ2) is 9.59. The number of fused-ring (bicyclic) bond motifs is 2. The third kappa shape index (κ3) is 4.53. The Kier molecular flexibility index (Phi) is 6.51. The monoisotopic (exact) mass is 515 g/mol. The number of aliphatic hydroxyl groups excluding tert-OH is 1. The molecule has 2 aromatic carbocycles. The Morgan fingerprint density at radius 2 is 2.06 bits per heavy atom. The van der Waals surface area contributed by atoms with Gasteiger partial charge < -0.3 is 14.6 Å². The van der Waals surface area contributed by atoms with Crippen LogP contribution >= 0.6 is 23.5 Å². The largest absolute Gasteiger partial charge is 0.497 e. The predicted octanol–water partition coefficient (Wildman–Crippen LogP) is 4.36. The van der Waals surface area contributed by atoms with Crippen molar-refractivity contribution < 1.29 is 19.5 Å². The van der Waals surface area contributed by atoms with Gasteiger partial charge in [0.2, 0.25) is 0 Å². The maximum absolute atomic E-state index is 10.9. The van der Waals surface area contributed by atoms with Gasteiger partial charge in [-0.25, -0.2) is 14.0 Å². The van der Waals surface area contributed by atoms with Crippen LogP contribution in [0.3, 0.4) is 0 Å². The van der Waals surface area contributed by atoms with Crippen molar-refractivity contribution in [2.24, 2.45) is 0 Å². The summed E-state index contributed by atoms with van der Waals surface area (Å²) in [5.41, 5.74) is 2.05. The number of nitro groups is 1. The highest BCUT2D eigenvalue weighted by Gasteiger charge is 2.32. The van der Waals surface area contributed by atoms with Crippen molar-refractivity contribution in [3.8, 4) is 5.75 Å². The zero-order valence-corrected chi connectivity index (χ0v) is 20.5. The Morgan fingerprint density at radius 3 is 2.74 bits per heavy atom. The molecule has 1 N–H and O–H groups in total. The van der Waals surface area contributed by atoms with E-state index < -0.39 is 17.3 Å². The van der Waals surface area contributed by atoms with Crippen LogP contribution in [0.5, 0.6) is 5.75 Å². The second-order valence-corrected chi connectivity index (χ2v) is 9.67. The van der Waals surface area contributed by atoms with Crippen molar-refractivity contribution in [1.82, 2.24) is 19.1 Å². The van der Waals surface area contributed by atoms with E-state index in [9.17, 15) is 15.2 Å². The summed E-state index contributed by atoms with van der Waals surface area (Å²) in [5.74, 6) is 0.686. The molecule has 3 heterocycles. The Labute approximate surface area is 209 Å². The van der Waals surface area contributed by atoms with Gasteiger partial charge in [0.25, 0.3) is 5.69 Å². The van der Waals surface area contributed by atoms with Crippen molar-refractivity contribution in [3.05, 3.63) is 63.3 Å². The Morgan fingerprint density at radius 1 is 1.29 bits per heavy atom. The van der Waals surface area contributed by atoms with Crippen molar-refractivity contribution in [1.29, 1.82) is 0 Å². The van der Waals surface area contributed by atoms with Crippen molar-refractivity contribution >= 4 is 51.2 Å². The molecule has 12 heteroatoms. The third-order valence-corrected chi connectivity index (χ3v) is 7.25. The number of rotatable bonds is 6. The van der Waals surface area contributed by atoms with Gasteiger partial charge in [-0.1, -0.05) is 11.6 Å². The first-order chi connectivity index (χ1) is 16.9. The molecule has 0 aliphatic carbocycles.